The third kappa shape index (κ3) is 1.84. The molecule has 1 aromatic heterocycles. The second-order valence-electron chi connectivity index (χ2n) is 4.58. The molecule has 1 unspecified atom stereocenters. The van der Waals surface area contributed by atoms with Gasteiger partial charge in [0.05, 0.1) is 6.10 Å². The molecule has 0 bridgehead atoms. The van der Waals surface area contributed by atoms with Gasteiger partial charge in [-0.3, -0.25) is 4.90 Å². The van der Waals surface area contributed by atoms with Gasteiger partial charge >= 0.3 is 0 Å². The van der Waals surface area contributed by atoms with E-state index in [4.69, 9.17) is 0 Å². The summed E-state index contributed by atoms with van der Waals surface area (Å²) >= 11 is 0. The second kappa shape index (κ2) is 3.92. The molecule has 0 aliphatic carbocycles. The molecule has 3 heteroatoms. The predicted octanol–water partition coefficient (Wildman–Crippen LogP) is 1.73. The minimum Gasteiger partial charge on any atom is -0.392 e. The highest BCUT2D eigenvalue weighted by Gasteiger charge is 2.19. The van der Waals surface area contributed by atoms with Crippen LogP contribution in [0.3, 0.4) is 0 Å². The Kier molecular flexibility index (Phi) is 2.42. The maximum absolute atomic E-state index is 9.47. The molecular weight excluding hydrogens is 200 g/mol. The zero-order valence-electron chi connectivity index (χ0n) is 9.19. The smallest absolute Gasteiger partial charge is 0.0679 e. The lowest BCUT2D eigenvalue weighted by Crippen LogP contribution is -2.21. The van der Waals surface area contributed by atoms with Gasteiger partial charge in [0.25, 0.3) is 0 Å². The predicted molar refractivity (Wildman–Crippen MR) is 64.2 cm³/mol. The Bertz CT molecular complexity index is 491. The van der Waals surface area contributed by atoms with Gasteiger partial charge in [-0.25, -0.2) is 0 Å². The average Bonchev–Trinajstić information content (AvgIpc) is 2.87. The van der Waals surface area contributed by atoms with Crippen LogP contribution in [-0.2, 0) is 6.54 Å². The van der Waals surface area contributed by atoms with Gasteiger partial charge in [-0.1, -0.05) is 6.07 Å². The van der Waals surface area contributed by atoms with Crippen molar-refractivity contribution in [3.63, 3.8) is 0 Å². The Labute approximate surface area is 94.7 Å². The first kappa shape index (κ1) is 9.87. The van der Waals surface area contributed by atoms with E-state index in [-0.39, 0.29) is 6.10 Å². The molecule has 2 N–H and O–H groups in total. The van der Waals surface area contributed by atoms with Crippen LogP contribution in [0.5, 0.6) is 0 Å². The highest BCUT2D eigenvalue weighted by molar-refractivity contribution is 5.79. The zero-order valence-corrected chi connectivity index (χ0v) is 9.19. The molecule has 1 saturated heterocycles. The minimum atomic E-state index is -0.129. The highest BCUT2D eigenvalue weighted by Crippen LogP contribution is 2.18. The number of aliphatic hydroxyl groups is 1. The van der Waals surface area contributed by atoms with Gasteiger partial charge in [-0.15, -0.1) is 0 Å². The van der Waals surface area contributed by atoms with Gasteiger partial charge in [0, 0.05) is 31.3 Å². The van der Waals surface area contributed by atoms with Crippen LogP contribution in [-0.4, -0.2) is 34.2 Å². The Morgan fingerprint density at radius 2 is 2.31 bits per heavy atom. The lowest BCUT2D eigenvalue weighted by atomic mass is 10.1. The Morgan fingerprint density at radius 1 is 1.38 bits per heavy atom. The molecule has 16 heavy (non-hydrogen) atoms. The number of aromatic nitrogens is 1. The molecule has 1 atom stereocenters. The quantitative estimate of drug-likeness (QED) is 0.802. The number of H-pyrrole nitrogens is 1. The number of likely N-dealkylation sites (tertiary alicyclic amines) is 1. The number of hydrogen-bond acceptors (Lipinski definition) is 2. The molecule has 3 rings (SSSR count). The van der Waals surface area contributed by atoms with E-state index in [0.717, 1.165) is 26.1 Å². The van der Waals surface area contributed by atoms with Crippen LogP contribution in [0.25, 0.3) is 10.9 Å². The van der Waals surface area contributed by atoms with Crippen LogP contribution in [0.4, 0.5) is 0 Å². The van der Waals surface area contributed by atoms with E-state index in [9.17, 15) is 5.11 Å². The first-order valence-electron chi connectivity index (χ1n) is 5.78. The lowest BCUT2D eigenvalue weighted by molar-refractivity contribution is 0.175. The molecular formula is C13H16N2O. The fourth-order valence-corrected chi connectivity index (χ4v) is 2.42. The summed E-state index contributed by atoms with van der Waals surface area (Å²) in [5.74, 6) is 0. The standard InChI is InChI=1S/C13H16N2O/c16-12-4-6-15(9-12)8-10-1-2-13-11(7-10)3-5-14-13/h1-3,5,7,12,14,16H,4,6,8-9H2. The van der Waals surface area contributed by atoms with E-state index in [2.05, 4.69) is 34.1 Å². The molecule has 0 saturated carbocycles. The maximum Gasteiger partial charge on any atom is 0.0679 e. The number of benzene rings is 1. The van der Waals surface area contributed by atoms with Crippen molar-refractivity contribution in [1.29, 1.82) is 0 Å². The number of nitrogens with one attached hydrogen (secondary N) is 1. The third-order valence-corrected chi connectivity index (χ3v) is 3.27. The average molecular weight is 216 g/mol. The first-order valence-corrected chi connectivity index (χ1v) is 5.78. The third-order valence-electron chi connectivity index (χ3n) is 3.27. The monoisotopic (exact) mass is 216 g/mol. The molecule has 1 fully saturated rings. The summed E-state index contributed by atoms with van der Waals surface area (Å²) in [5, 5.41) is 10.7. The molecule has 2 aromatic rings. The van der Waals surface area contributed by atoms with Gasteiger partial charge < -0.3 is 10.1 Å². The van der Waals surface area contributed by atoms with Gasteiger partial charge in [-0.05, 0) is 35.6 Å². The lowest BCUT2D eigenvalue weighted by Gasteiger charge is -2.14. The van der Waals surface area contributed by atoms with E-state index >= 15 is 0 Å². The van der Waals surface area contributed by atoms with Gasteiger partial charge in [0.2, 0.25) is 0 Å². The van der Waals surface area contributed by atoms with Crippen LogP contribution in [0.15, 0.2) is 30.5 Å². The van der Waals surface area contributed by atoms with Crippen LogP contribution in [0, 0.1) is 0 Å². The molecule has 1 aliphatic heterocycles. The minimum absolute atomic E-state index is 0.129. The van der Waals surface area contributed by atoms with Crippen LogP contribution < -0.4 is 0 Å². The van der Waals surface area contributed by atoms with Crippen LogP contribution >= 0.6 is 0 Å². The number of hydrogen-bond donors (Lipinski definition) is 2. The molecule has 3 nitrogen and oxygen atoms in total. The molecule has 2 heterocycles. The number of fused-ring (bicyclic) bond motifs is 1. The van der Waals surface area contributed by atoms with Crippen LogP contribution in [0.2, 0.25) is 0 Å². The van der Waals surface area contributed by atoms with Crippen molar-refractivity contribution >= 4 is 10.9 Å². The number of aliphatic hydroxyl groups excluding tert-OH is 1. The van der Waals surface area contributed by atoms with Crippen molar-refractivity contribution in [1.82, 2.24) is 9.88 Å². The summed E-state index contributed by atoms with van der Waals surface area (Å²) in [5.41, 5.74) is 2.51. The fraction of sp³-hybridized carbons (Fsp3) is 0.385. The normalized spacial score (nSPS) is 21.9. The summed E-state index contributed by atoms with van der Waals surface area (Å²) in [6.45, 7) is 2.76. The molecule has 0 amide bonds. The van der Waals surface area contributed by atoms with Crippen molar-refractivity contribution in [2.75, 3.05) is 13.1 Å². The highest BCUT2D eigenvalue weighted by atomic mass is 16.3. The Hall–Kier alpha value is -1.32. The first-order chi connectivity index (χ1) is 7.81. The number of rotatable bonds is 2. The topological polar surface area (TPSA) is 39.3 Å². The van der Waals surface area contributed by atoms with E-state index in [1.54, 1.807) is 0 Å². The van der Waals surface area contributed by atoms with E-state index in [1.807, 2.05) is 6.20 Å². The maximum atomic E-state index is 9.47. The van der Waals surface area contributed by atoms with Crippen molar-refractivity contribution in [2.24, 2.45) is 0 Å². The van der Waals surface area contributed by atoms with Crippen LogP contribution in [0.1, 0.15) is 12.0 Å². The number of aromatic amines is 1. The molecule has 0 spiro atoms. The summed E-state index contributed by atoms with van der Waals surface area (Å²) in [4.78, 5) is 5.50. The van der Waals surface area contributed by atoms with E-state index < -0.39 is 0 Å². The summed E-state index contributed by atoms with van der Waals surface area (Å²) < 4.78 is 0. The molecule has 1 aliphatic rings. The van der Waals surface area contributed by atoms with Gasteiger partial charge in [0.15, 0.2) is 0 Å². The number of β-amino-alcohol motifs (C(OH)–C–C–N with tert-alkyl or cyclic N) is 1. The number of nitrogens with zero attached hydrogens (tertiary/aromatic N) is 1. The van der Waals surface area contributed by atoms with E-state index in [1.165, 1.54) is 16.5 Å². The van der Waals surface area contributed by atoms with Crippen molar-refractivity contribution in [2.45, 2.75) is 19.1 Å². The summed E-state index contributed by atoms with van der Waals surface area (Å²) in [7, 11) is 0. The molecule has 1 aromatic carbocycles. The van der Waals surface area contributed by atoms with Crippen molar-refractivity contribution in [3.8, 4) is 0 Å². The summed E-state index contributed by atoms with van der Waals surface area (Å²) in [6.07, 6.45) is 2.75. The van der Waals surface area contributed by atoms with Crippen molar-refractivity contribution in [3.05, 3.63) is 36.0 Å². The van der Waals surface area contributed by atoms with Gasteiger partial charge in [0.1, 0.15) is 0 Å². The van der Waals surface area contributed by atoms with E-state index in [0.29, 0.717) is 0 Å². The largest absolute Gasteiger partial charge is 0.392 e. The Balaban J connectivity index is 1.78. The molecule has 0 radical (unpaired) electrons. The zero-order chi connectivity index (χ0) is 11.0. The molecule has 84 valence electrons. The Morgan fingerprint density at radius 3 is 3.12 bits per heavy atom. The summed E-state index contributed by atoms with van der Waals surface area (Å²) in [6, 6.07) is 8.59. The van der Waals surface area contributed by atoms with Gasteiger partial charge in [-0.2, -0.15) is 0 Å². The second-order valence-corrected chi connectivity index (χ2v) is 4.58. The fourth-order valence-electron chi connectivity index (χ4n) is 2.42. The van der Waals surface area contributed by atoms with Crippen molar-refractivity contribution < 1.29 is 5.11 Å². The SMILES string of the molecule is OC1CCN(Cc2ccc3[nH]ccc3c2)C1.